The standard InChI is InChI=1S/C39H48N4O8/c1-38(2,3)50-33(44)20-19-31(41-36(47)49-26-27-13-9-7-10-14-27)35(46)40-32-25-29(17-18-30(32)34(45)28-15-11-8-12-16-28)42-21-23-43(24-22-42)37(48)51-39(4,5)6/h7-18,25,31H,19-24,26H2,1-6H3,(H,40,46)(H,41,47)/t31-/m1/s1. The zero-order valence-corrected chi connectivity index (χ0v) is 30.2. The fraction of sp³-hybridized carbons (Fsp3) is 0.410. The first-order valence-electron chi connectivity index (χ1n) is 17.0. The van der Waals surface area contributed by atoms with Crippen LogP contribution in [0.5, 0.6) is 0 Å². The third kappa shape index (κ3) is 12.2. The van der Waals surface area contributed by atoms with Gasteiger partial charge in [-0.25, -0.2) is 9.59 Å². The van der Waals surface area contributed by atoms with Crippen molar-refractivity contribution < 1.29 is 38.2 Å². The van der Waals surface area contributed by atoms with E-state index in [9.17, 15) is 24.0 Å². The van der Waals surface area contributed by atoms with E-state index >= 15 is 0 Å². The van der Waals surface area contributed by atoms with Gasteiger partial charge in [-0.15, -0.1) is 0 Å². The number of alkyl carbamates (subject to hydrolysis) is 1. The Bertz CT molecular complexity index is 1670. The van der Waals surface area contributed by atoms with E-state index in [1.54, 1.807) is 86.3 Å². The minimum atomic E-state index is -1.21. The van der Waals surface area contributed by atoms with Gasteiger partial charge in [0.15, 0.2) is 5.78 Å². The highest BCUT2D eigenvalue weighted by molar-refractivity contribution is 6.14. The summed E-state index contributed by atoms with van der Waals surface area (Å²) in [6.45, 7) is 12.5. The van der Waals surface area contributed by atoms with Gasteiger partial charge in [-0.05, 0) is 71.7 Å². The SMILES string of the molecule is CC(C)(C)OC(=O)CC[C@@H](NC(=O)OCc1ccccc1)C(=O)Nc1cc(N2CCN(C(=O)OC(C)(C)C)CC2)ccc1C(=O)c1ccccc1. The van der Waals surface area contributed by atoms with Gasteiger partial charge in [-0.3, -0.25) is 14.4 Å². The molecule has 2 N–H and O–H groups in total. The van der Waals surface area contributed by atoms with Crippen LogP contribution in [-0.4, -0.2) is 78.2 Å². The molecule has 0 radical (unpaired) electrons. The normalized spacial score (nSPS) is 13.8. The van der Waals surface area contributed by atoms with Crippen molar-refractivity contribution in [3.05, 3.63) is 95.6 Å². The molecule has 0 bridgehead atoms. The minimum absolute atomic E-state index is 0.0218. The average Bonchev–Trinajstić information content (AvgIpc) is 3.08. The lowest BCUT2D eigenvalue weighted by Gasteiger charge is -2.37. The van der Waals surface area contributed by atoms with E-state index in [1.165, 1.54) is 0 Å². The number of carbonyl (C=O) groups is 5. The Morgan fingerprint density at radius 1 is 0.765 bits per heavy atom. The van der Waals surface area contributed by atoms with Crippen molar-refractivity contribution in [2.24, 2.45) is 0 Å². The fourth-order valence-electron chi connectivity index (χ4n) is 5.30. The third-order valence-corrected chi connectivity index (χ3v) is 7.72. The van der Waals surface area contributed by atoms with Crippen LogP contribution in [0.3, 0.4) is 0 Å². The van der Waals surface area contributed by atoms with E-state index in [2.05, 4.69) is 10.6 Å². The number of nitrogens with one attached hydrogen (secondary N) is 2. The van der Waals surface area contributed by atoms with Crippen LogP contribution in [0.2, 0.25) is 0 Å². The van der Waals surface area contributed by atoms with Crippen LogP contribution in [0.15, 0.2) is 78.9 Å². The Kier molecular flexibility index (Phi) is 12.8. The molecule has 0 aromatic heterocycles. The highest BCUT2D eigenvalue weighted by Crippen LogP contribution is 2.28. The van der Waals surface area contributed by atoms with Crippen LogP contribution >= 0.6 is 0 Å². The molecule has 3 aromatic rings. The molecule has 12 heteroatoms. The van der Waals surface area contributed by atoms with Crippen LogP contribution < -0.4 is 15.5 Å². The molecule has 0 unspecified atom stereocenters. The molecule has 51 heavy (non-hydrogen) atoms. The quantitative estimate of drug-likeness (QED) is 0.133. The molecule has 1 heterocycles. The summed E-state index contributed by atoms with van der Waals surface area (Å²) in [5.74, 6) is -1.50. The molecule has 4 rings (SSSR count). The smallest absolute Gasteiger partial charge is 0.410 e. The molecule has 0 saturated carbocycles. The Morgan fingerprint density at radius 3 is 1.98 bits per heavy atom. The van der Waals surface area contributed by atoms with E-state index < -0.39 is 35.2 Å². The lowest BCUT2D eigenvalue weighted by atomic mass is 10.00. The zero-order chi connectivity index (χ0) is 37.2. The van der Waals surface area contributed by atoms with E-state index in [0.717, 1.165) is 11.3 Å². The Labute approximate surface area is 299 Å². The largest absolute Gasteiger partial charge is 0.460 e. The van der Waals surface area contributed by atoms with Gasteiger partial charge in [0.25, 0.3) is 0 Å². The molecule has 1 saturated heterocycles. The number of ketones is 1. The van der Waals surface area contributed by atoms with Crippen molar-refractivity contribution in [3.8, 4) is 0 Å². The third-order valence-electron chi connectivity index (χ3n) is 7.72. The predicted molar refractivity (Wildman–Crippen MR) is 194 cm³/mol. The van der Waals surface area contributed by atoms with Crippen molar-refractivity contribution in [2.75, 3.05) is 36.4 Å². The second-order valence-corrected chi connectivity index (χ2v) is 14.3. The molecule has 1 aliphatic rings. The van der Waals surface area contributed by atoms with Gasteiger partial charge >= 0.3 is 18.2 Å². The monoisotopic (exact) mass is 700 g/mol. The van der Waals surface area contributed by atoms with Crippen molar-refractivity contribution in [1.29, 1.82) is 0 Å². The summed E-state index contributed by atoms with van der Waals surface area (Å²) < 4.78 is 16.3. The first-order chi connectivity index (χ1) is 24.1. The molecule has 1 aliphatic heterocycles. The predicted octanol–water partition coefficient (Wildman–Crippen LogP) is 6.33. The highest BCUT2D eigenvalue weighted by Gasteiger charge is 2.29. The average molecular weight is 701 g/mol. The summed E-state index contributed by atoms with van der Waals surface area (Å²) in [5.41, 5.74) is 1.03. The van der Waals surface area contributed by atoms with Gasteiger partial charge in [-0.1, -0.05) is 60.7 Å². The van der Waals surface area contributed by atoms with Crippen molar-refractivity contribution in [3.63, 3.8) is 0 Å². The van der Waals surface area contributed by atoms with Crippen molar-refractivity contribution >= 4 is 41.2 Å². The molecule has 3 amide bonds. The van der Waals surface area contributed by atoms with Gasteiger partial charge < -0.3 is 34.6 Å². The van der Waals surface area contributed by atoms with Crippen LogP contribution in [0.1, 0.15) is 75.9 Å². The van der Waals surface area contributed by atoms with Gasteiger partial charge in [0, 0.05) is 49.4 Å². The summed E-state index contributed by atoms with van der Waals surface area (Å²) in [5, 5.41) is 5.44. The first-order valence-corrected chi connectivity index (χ1v) is 17.0. The number of esters is 1. The first kappa shape index (κ1) is 38.4. The van der Waals surface area contributed by atoms with Crippen LogP contribution in [-0.2, 0) is 30.4 Å². The van der Waals surface area contributed by atoms with Crippen LogP contribution in [0.4, 0.5) is 21.0 Å². The second-order valence-electron chi connectivity index (χ2n) is 14.3. The summed E-state index contributed by atoms with van der Waals surface area (Å²) in [4.78, 5) is 69.5. The number of nitrogens with zero attached hydrogens (tertiary/aromatic N) is 2. The molecule has 1 atom stereocenters. The maximum atomic E-state index is 13.9. The molecule has 0 aliphatic carbocycles. The molecule has 1 fully saturated rings. The summed E-state index contributed by atoms with van der Waals surface area (Å²) in [6.07, 6.45) is -1.48. The molecule has 0 spiro atoms. The molecular weight excluding hydrogens is 652 g/mol. The second kappa shape index (κ2) is 17.0. The number of rotatable bonds is 11. The lowest BCUT2D eigenvalue weighted by molar-refractivity contribution is -0.155. The van der Waals surface area contributed by atoms with Gasteiger partial charge in [0.05, 0.1) is 5.69 Å². The van der Waals surface area contributed by atoms with Crippen molar-refractivity contribution in [2.45, 2.75) is 78.2 Å². The number of hydrogen-bond acceptors (Lipinski definition) is 9. The van der Waals surface area contributed by atoms with Crippen molar-refractivity contribution in [1.82, 2.24) is 10.2 Å². The molecular formula is C39H48N4O8. The lowest BCUT2D eigenvalue weighted by Crippen LogP contribution is -2.50. The number of benzene rings is 3. The van der Waals surface area contributed by atoms with Gasteiger partial charge in [0.2, 0.25) is 5.91 Å². The molecule has 3 aromatic carbocycles. The Balaban J connectivity index is 1.57. The molecule has 272 valence electrons. The topological polar surface area (TPSA) is 144 Å². The maximum absolute atomic E-state index is 13.9. The van der Waals surface area contributed by atoms with E-state index in [1.807, 2.05) is 43.9 Å². The minimum Gasteiger partial charge on any atom is -0.460 e. The number of carbonyl (C=O) groups excluding carboxylic acids is 5. The van der Waals surface area contributed by atoms with Gasteiger partial charge in [0.1, 0.15) is 23.9 Å². The number of anilines is 2. The maximum Gasteiger partial charge on any atom is 0.410 e. The van der Waals surface area contributed by atoms with Gasteiger partial charge in [-0.2, -0.15) is 0 Å². The van der Waals surface area contributed by atoms with E-state index in [4.69, 9.17) is 14.2 Å². The van der Waals surface area contributed by atoms with Crippen LogP contribution in [0, 0.1) is 0 Å². The summed E-state index contributed by atoms with van der Waals surface area (Å²) in [7, 11) is 0. The highest BCUT2D eigenvalue weighted by atomic mass is 16.6. The summed E-state index contributed by atoms with van der Waals surface area (Å²) in [6, 6.07) is 21.7. The van der Waals surface area contributed by atoms with Crippen LogP contribution in [0.25, 0.3) is 0 Å². The summed E-state index contributed by atoms with van der Waals surface area (Å²) >= 11 is 0. The number of piperazine rings is 1. The molecule has 12 nitrogen and oxygen atoms in total. The van der Waals surface area contributed by atoms with E-state index in [0.29, 0.717) is 31.7 Å². The van der Waals surface area contributed by atoms with E-state index in [-0.39, 0.29) is 42.6 Å². The number of hydrogen-bond donors (Lipinski definition) is 2. The fourth-order valence-corrected chi connectivity index (χ4v) is 5.30. The Hall–Kier alpha value is -5.39. The Morgan fingerprint density at radius 2 is 1.37 bits per heavy atom. The number of amides is 3. The number of ether oxygens (including phenoxy) is 3. The zero-order valence-electron chi connectivity index (χ0n) is 30.2.